The Morgan fingerprint density at radius 2 is 1.85 bits per heavy atom. The van der Waals surface area contributed by atoms with E-state index < -0.39 is 0 Å². The number of amides is 2. The maximum absolute atomic E-state index is 12.6. The molecule has 1 fully saturated rings. The summed E-state index contributed by atoms with van der Waals surface area (Å²) in [6.07, 6.45) is 3.61. The summed E-state index contributed by atoms with van der Waals surface area (Å²) in [7, 11) is 1.60. The van der Waals surface area contributed by atoms with Crippen LogP contribution >= 0.6 is 0 Å². The highest BCUT2D eigenvalue weighted by molar-refractivity contribution is 6.03. The third kappa shape index (κ3) is 4.67. The van der Waals surface area contributed by atoms with Crippen LogP contribution in [0.2, 0.25) is 0 Å². The number of carbonyl (C=O) groups is 2. The number of ether oxygens (including phenoxy) is 1. The standard InChI is InChI=1S/C22H26N2O3/c1-3-4-5-16-6-8-18(9-7-16)23-22(26)17-14-21(25)24(15-17)19-10-12-20(27-2)13-11-19/h6-13,17H,3-5,14-15H2,1-2H3,(H,23,26)/t17-/m1/s1. The van der Waals surface area contributed by atoms with Gasteiger partial charge in [-0.2, -0.15) is 0 Å². The Kier molecular flexibility index (Phi) is 6.12. The summed E-state index contributed by atoms with van der Waals surface area (Å²) < 4.78 is 5.15. The molecule has 1 heterocycles. The summed E-state index contributed by atoms with van der Waals surface area (Å²) in [6, 6.07) is 15.3. The molecular weight excluding hydrogens is 340 g/mol. The highest BCUT2D eigenvalue weighted by Crippen LogP contribution is 2.27. The van der Waals surface area contributed by atoms with Gasteiger partial charge in [0, 0.05) is 24.3 Å². The van der Waals surface area contributed by atoms with Gasteiger partial charge in [-0.3, -0.25) is 9.59 Å². The smallest absolute Gasteiger partial charge is 0.229 e. The van der Waals surface area contributed by atoms with Crippen LogP contribution in [0.15, 0.2) is 48.5 Å². The molecule has 0 bridgehead atoms. The van der Waals surface area contributed by atoms with Gasteiger partial charge < -0.3 is 15.0 Å². The van der Waals surface area contributed by atoms with Gasteiger partial charge in [-0.05, 0) is 54.8 Å². The zero-order valence-corrected chi connectivity index (χ0v) is 15.9. The lowest BCUT2D eigenvalue weighted by Gasteiger charge is -2.17. The van der Waals surface area contributed by atoms with Crippen LogP contribution in [0.4, 0.5) is 11.4 Å². The first-order valence-corrected chi connectivity index (χ1v) is 9.45. The molecule has 2 amide bonds. The fraction of sp³-hybridized carbons (Fsp3) is 0.364. The predicted molar refractivity (Wildman–Crippen MR) is 107 cm³/mol. The van der Waals surface area contributed by atoms with Crippen molar-refractivity contribution in [2.45, 2.75) is 32.6 Å². The van der Waals surface area contributed by atoms with E-state index in [0.717, 1.165) is 30.0 Å². The third-order valence-electron chi connectivity index (χ3n) is 4.92. The Balaban J connectivity index is 1.59. The van der Waals surface area contributed by atoms with Crippen molar-refractivity contribution in [2.75, 3.05) is 23.9 Å². The second-order valence-corrected chi connectivity index (χ2v) is 6.89. The fourth-order valence-corrected chi connectivity index (χ4v) is 3.27. The summed E-state index contributed by atoms with van der Waals surface area (Å²) in [6.45, 7) is 2.57. The van der Waals surface area contributed by atoms with Crippen LogP contribution in [-0.4, -0.2) is 25.5 Å². The molecule has 0 saturated carbocycles. The van der Waals surface area contributed by atoms with E-state index in [9.17, 15) is 9.59 Å². The quantitative estimate of drug-likeness (QED) is 0.805. The number of rotatable bonds is 7. The zero-order valence-electron chi connectivity index (χ0n) is 15.9. The first-order valence-electron chi connectivity index (χ1n) is 9.45. The molecule has 27 heavy (non-hydrogen) atoms. The summed E-state index contributed by atoms with van der Waals surface area (Å²) in [4.78, 5) is 26.6. The van der Waals surface area contributed by atoms with Crippen molar-refractivity contribution in [3.63, 3.8) is 0 Å². The van der Waals surface area contributed by atoms with E-state index in [1.54, 1.807) is 12.0 Å². The van der Waals surface area contributed by atoms with Gasteiger partial charge in [0.05, 0.1) is 13.0 Å². The molecule has 5 heteroatoms. The number of nitrogens with zero attached hydrogens (tertiary/aromatic N) is 1. The van der Waals surface area contributed by atoms with E-state index >= 15 is 0 Å². The van der Waals surface area contributed by atoms with Crippen molar-refractivity contribution in [2.24, 2.45) is 5.92 Å². The molecule has 142 valence electrons. The molecule has 1 aliphatic rings. The fourth-order valence-electron chi connectivity index (χ4n) is 3.27. The number of aryl methyl sites for hydroxylation is 1. The second kappa shape index (κ2) is 8.71. The molecule has 0 unspecified atom stereocenters. The SMILES string of the molecule is CCCCc1ccc(NC(=O)[C@@H]2CC(=O)N(c3ccc(OC)cc3)C2)cc1. The van der Waals surface area contributed by atoms with Gasteiger partial charge in [-0.25, -0.2) is 0 Å². The Bertz CT molecular complexity index is 784. The van der Waals surface area contributed by atoms with Crippen molar-refractivity contribution in [1.29, 1.82) is 0 Å². The second-order valence-electron chi connectivity index (χ2n) is 6.89. The highest BCUT2D eigenvalue weighted by atomic mass is 16.5. The average molecular weight is 366 g/mol. The maximum atomic E-state index is 12.6. The molecule has 0 aromatic heterocycles. The minimum absolute atomic E-state index is 0.0322. The van der Waals surface area contributed by atoms with E-state index in [0.29, 0.717) is 6.54 Å². The van der Waals surface area contributed by atoms with E-state index in [4.69, 9.17) is 4.74 Å². The van der Waals surface area contributed by atoms with E-state index in [1.165, 1.54) is 12.0 Å². The molecule has 1 saturated heterocycles. The van der Waals surface area contributed by atoms with Crippen molar-refractivity contribution in [1.82, 2.24) is 0 Å². The summed E-state index contributed by atoms with van der Waals surface area (Å²) in [5.41, 5.74) is 2.84. The molecule has 0 aliphatic carbocycles. The Morgan fingerprint density at radius 3 is 2.48 bits per heavy atom. The monoisotopic (exact) mass is 366 g/mol. The number of benzene rings is 2. The first-order chi connectivity index (χ1) is 13.1. The van der Waals surface area contributed by atoms with Crippen LogP contribution in [0.25, 0.3) is 0 Å². The summed E-state index contributed by atoms with van der Waals surface area (Å²) in [5.74, 6) is 0.248. The lowest BCUT2D eigenvalue weighted by molar-refractivity contribution is -0.122. The molecule has 0 spiro atoms. The number of nitrogens with one attached hydrogen (secondary N) is 1. The minimum Gasteiger partial charge on any atom is -0.497 e. The molecule has 2 aromatic rings. The lowest BCUT2D eigenvalue weighted by atomic mass is 10.1. The van der Waals surface area contributed by atoms with Gasteiger partial charge >= 0.3 is 0 Å². The van der Waals surface area contributed by atoms with Crippen LogP contribution in [0.1, 0.15) is 31.7 Å². The Morgan fingerprint density at radius 1 is 1.15 bits per heavy atom. The van der Waals surface area contributed by atoms with E-state index in [2.05, 4.69) is 24.4 Å². The number of hydrogen-bond acceptors (Lipinski definition) is 3. The molecular formula is C22H26N2O3. The minimum atomic E-state index is -0.348. The summed E-state index contributed by atoms with van der Waals surface area (Å²) in [5, 5.41) is 2.94. The van der Waals surface area contributed by atoms with Gasteiger partial charge in [0.25, 0.3) is 0 Å². The highest BCUT2D eigenvalue weighted by Gasteiger charge is 2.35. The number of hydrogen-bond donors (Lipinski definition) is 1. The van der Waals surface area contributed by atoms with E-state index in [1.807, 2.05) is 36.4 Å². The maximum Gasteiger partial charge on any atom is 0.229 e. The van der Waals surface area contributed by atoms with Gasteiger partial charge in [0.15, 0.2) is 0 Å². The van der Waals surface area contributed by atoms with Crippen molar-refractivity contribution < 1.29 is 14.3 Å². The average Bonchev–Trinajstić information content (AvgIpc) is 3.09. The predicted octanol–water partition coefficient (Wildman–Crippen LogP) is 4.03. The van der Waals surface area contributed by atoms with Crippen LogP contribution in [0, 0.1) is 5.92 Å². The molecule has 1 N–H and O–H groups in total. The van der Waals surface area contributed by atoms with Gasteiger partial charge in [-0.1, -0.05) is 25.5 Å². The van der Waals surface area contributed by atoms with Crippen molar-refractivity contribution in [3.8, 4) is 5.75 Å². The first kappa shape index (κ1) is 19.0. The van der Waals surface area contributed by atoms with Crippen molar-refractivity contribution in [3.05, 3.63) is 54.1 Å². The number of methoxy groups -OCH3 is 1. The van der Waals surface area contributed by atoms with Crippen LogP contribution in [0.5, 0.6) is 5.75 Å². The molecule has 3 rings (SSSR count). The molecule has 1 aliphatic heterocycles. The normalized spacial score (nSPS) is 16.4. The number of anilines is 2. The molecule has 5 nitrogen and oxygen atoms in total. The van der Waals surface area contributed by atoms with E-state index in [-0.39, 0.29) is 24.2 Å². The number of carbonyl (C=O) groups excluding carboxylic acids is 2. The largest absolute Gasteiger partial charge is 0.497 e. The van der Waals surface area contributed by atoms with Gasteiger partial charge in [0.2, 0.25) is 11.8 Å². The van der Waals surface area contributed by atoms with Crippen molar-refractivity contribution >= 4 is 23.2 Å². The van der Waals surface area contributed by atoms with Gasteiger partial charge in [-0.15, -0.1) is 0 Å². The van der Waals surface area contributed by atoms with Crippen LogP contribution in [0.3, 0.4) is 0 Å². The molecule has 2 aromatic carbocycles. The zero-order chi connectivity index (χ0) is 19.2. The third-order valence-corrected chi connectivity index (χ3v) is 4.92. The topological polar surface area (TPSA) is 58.6 Å². The van der Waals surface area contributed by atoms with Crippen LogP contribution in [-0.2, 0) is 16.0 Å². The molecule has 1 atom stereocenters. The Hall–Kier alpha value is -2.82. The van der Waals surface area contributed by atoms with Gasteiger partial charge in [0.1, 0.15) is 5.75 Å². The molecule has 0 radical (unpaired) electrons. The lowest BCUT2D eigenvalue weighted by Crippen LogP contribution is -2.28. The Labute approximate surface area is 160 Å². The summed E-state index contributed by atoms with van der Waals surface area (Å²) >= 11 is 0. The number of unbranched alkanes of at least 4 members (excludes halogenated alkanes) is 1. The van der Waals surface area contributed by atoms with Crippen LogP contribution < -0.4 is 15.0 Å².